The Morgan fingerprint density at radius 3 is 2.08 bits per heavy atom. The minimum Gasteiger partial charge on any atom is -0.497 e. The van der Waals surface area contributed by atoms with Gasteiger partial charge in [0, 0.05) is 19.5 Å². The number of nitrogens with zero attached hydrogens (tertiary/aromatic N) is 1. The van der Waals surface area contributed by atoms with E-state index in [1.807, 2.05) is 84.9 Å². The van der Waals surface area contributed by atoms with Crippen LogP contribution in [-0.4, -0.2) is 43.0 Å². The number of halogens is 1. The van der Waals surface area contributed by atoms with Crippen molar-refractivity contribution in [3.63, 3.8) is 0 Å². The fourth-order valence-electron chi connectivity index (χ4n) is 4.36. The predicted molar refractivity (Wildman–Crippen MR) is 158 cm³/mol. The molecule has 40 heavy (non-hydrogen) atoms. The summed E-state index contributed by atoms with van der Waals surface area (Å²) in [5.74, 6) is 0.667. The zero-order valence-corrected chi connectivity index (χ0v) is 23.2. The predicted octanol–water partition coefficient (Wildman–Crippen LogP) is 5.73. The van der Waals surface area contributed by atoms with Crippen molar-refractivity contribution < 1.29 is 19.1 Å². The van der Waals surface area contributed by atoms with Crippen molar-refractivity contribution in [1.29, 1.82) is 0 Å². The van der Waals surface area contributed by atoms with E-state index in [0.717, 1.165) is 22.4 Å². The Morgan fingerprint density at radius 2 is 1.43 bits per heavy atom. The lowest BCUT2D eigenvalue weighted by molar-refractivity contribution is -0.142. The Balaban J connectivity index is 1.54. The first-order valence-corrected chi connectivity index (χ1v) is 13.6. The molecule has 0 heterocycles. The second kappa shape index (κ2) is 14.8. The van der Waals surface area contributed by atoms with Gasteiger partial charge in [-0.05, 0) is 47.4 Å². The Bertz CT molecular complexity index is 1360. The summed E-state index contributed by atoms with van der Waals surface area (Å²) in [6.45, 7) is 0.440. The lowest BCUT2D eigenvalue weighted by Crippen LogP contribution is -2.52. The maximum absolute atomic E-state index is 13.7. The van der Waals surface area contributed by atoms with Gasteiger partial charge in [-0.25, -0.2) is 0 Å². The molecule has 0 aliphatic heterocycles. The van der Waals surface area contributed by atoms with E-state index < -0.39 is 6.04 Å². The molecule has 0 bridgehead atoms. The second-order valence-corrected chi connectivity index (χ2v) is 9.73. The summed E-state index contributed by atoms with van der Waals surface area (Å²) in [6, 6.07) is 33.3. The van der Waals surface area contributed by atoms with Gasteiger partial charge in [0.1, 0.15) is 17.5 Å². The standard InChI is InChI=1S/C33H33ClN2O4/c1-39-28-18-16-25(17-19-28)20-21-35-33(38)30(22-26-10-4-2-5-11-26)36(23-27-12-6-3-7-13-27)32(37)24-40-31-15-9-8-14-29(31)34/h2-19,30H,20-24H2,1H3,(H,35,38)/t30-/m0/s1. The summed E-state index contributed by atoms with van der Waals surface area (Å²) < 4.78 is 11.0. The number of amides is 2. The topological polar surface area (TPSA) is 67.9 Å². The molecular formula is C33H33ClN2O4. The molecule has 1 N–H and O–H groups in total. The largest absolute Gasteiger partial charge is 0.497 e. The molecule has 4 aromatic carbocycles. The molecule has 0 fully saturated rings. The molecule has 0 saturated heterocycles. The highest BCUT2D eigenvalue weighted by atomic mass is 35.5. The van der Waals surface area contributed by atoms with Gasteiger partial charge in [0.15, 0.2) is 6.61 Å². The molecule has 4 rings (SSSR count). The van der Waals surface area contributed by atoms with Gasteiger partial charge in [0.2, 0.25) is 5.91 Å². The molecule has 206 valence electrons. The Hall–Kier alpha value is -4.29. The minimum absolute atomic E-state index is 0.223. The first-order chi connectivity index (χ1) is 19.5. The highest BCUT2D eigenvalue weighted by molar-refractivity contribution is 6.32. The summed E-state index contributed by atoms with van der Waals surface area (Å²) in [5, 5.41) is 3.48. The quantitative estimate of drug-likeness (QED) is 0.228. The second-order valence-electron chi connectivity index (χ2n) is 9.32. The molecule has 0 aliphatic carbocycles. The number of hydrogen-bond donors (Lipinski definition) is 1. The van der Waals surface area contributed by atoms with Crippen LogP contribution in [0.15, 0.2) is 109 Å². The summed E-state index contributed by atoms with van der Waals surface area (Å²) in [5.41, 5.74) is 2.94. The SMILES string of the molecule is COc1ccc(CCNC(=O)[C@H](Cc2ccccc2)N(Cc2ccccc2)C(=O)COc2ccccc2Cl)cc1. The fourth-order valence-corrected chi connectivity index (χ4v) is 4.55. The number of methoxy groups -OCH3 is 1. The molecule has 7 heteroatoms. The number of ether oxygens (including phenoxy) is 2. The van der Waals surface area contributed by atoms with Crippen LogP contribution in [0.4, 0.5) is 0 Å². The van der Waals surface area contributed by atoms with Gasteiger partial charge < -0.3 is 19.7 Å². The lowest BCUT2D eigenvalue weighted by atomic mass is 10.0. The van der Waals surface area contributed by atoms with Crippen LogP contribution in [0.1, 0.15) is 16.7 Å². The van der Waals surface area contributed by atoms with Crippen LogP contribution >= 0.6 is 11.6 Å². The van der Waals surface area contributed by atoms with Gasteiger partial charge in [-0.3, -0.25) is 9.59 Å². The zero-order chi connectivity index (χ0) is 28.2. The molecule has 1 atom stereocenters. The van der Waals surface area contributed by atoms with Crippen LogP contribution in [0.5, 0.6) is 11.5 Å². The van der Waals surface area contributed by atoms with Crippen molar-refractivity contribution in [3.05, 3.63) is 131 Å². The molecular weight excluding hydrogens is 524 g/mol. The zero-order valence-electron chi connectivity index (χ0n) is 22.5. The van der Waals surface area contributed by atoms with E-state index in [0.29, 0.717) is 30.2 Å². The number of rotatable bonds is 13. The van der Waals surface area contributed by atoms with E-state index in [1.165, 1.54) is 0 Å². The molecule has 0 spiro atoms. The lowest BCUT2D eigenvalue weighted by Gasteiger charge is -2.31. The monoisotopic (exact) mass is 556 g/mol. The van der Waals surface area contributed by atoms with Gasteiger partial charge >= 0.3 is 0 Å². The van der Waals surface area contributed by atoms with E-state index in [9.17, 15) is 9.59 Å². The summed E-state index contributed by atoms with van der Waals surface area (Å²) >= 11 is 6.24. The van der Waals surface area contributed by atoms with E-state index in [1.54, 1.807) is 36.3 Å². The normalized spacial score (nSPS) is 11.3. The summed E-state index contributed by atoms with van der Waals surface area (Å²) in [4.78, 5) is 29.0. The highest BCUT2D eigenvalue weighted by Crippen LogP contribution is 2.23. The van der Waals surface area contributed by atoms with Crippen molar-refractivity contribution in [2.45, 2.75) is 25.4 Å². The van der Waals surface area contributed by atoms with E-state index >= 15 is 0 Å². The Morgan fingerprint density at radius 1 is 0.800 bits per heavy atom. The smallest absolute Gasteiger partial charge is 0.261 e. The molecule has 0 aromatic heterocycles. The maximum atomic E-state index is 13.7. The molecule has 2 amide bonds. The number of benzene rings is 4. The first kappa shape index (κ1) is 28.7. The van der Waals surface area contributed by atoms with Crippen LogP contribution in [0.2, 0.25) is 5.02 Å². The molecule has 0 unspecified atom stereocenters. The van der Waals surface area contributed by atoms with Crippen LogP contribution in [0, 0.1) is 0 Å². The highest BCUT2D eigenvalue weighted by Gasteiger charge is 2.30. The Labute approximate surface area is 240 Å². The van der Waals surface area contributed by atoms with E-state index in [4.69, 9.17) is 21.1 Å². The van der Waals surface area contributed by atoms with Crippen molar-refractivity contribution in [2.75, 3.05) is 20.3 Å². The van der Waals surface area contributed by atoms with Gasteiger partial charge in [-0.2, -0.15) is 0 Å². The average Bonchev–Trinajstić information content (AvgIpc) is 2.99. The van der Waals surface area contributed by atoms with Gasteiger partial charge in [-0.15, -0.1) is 0 Å². The van der Waals surface area contributed by atoms with Crippen molar-refractivity contribution in [3.8, 4) is 11.5 Å². The van der Waals surface area contributed by atoms with Gasteiger partial charge in [-0.1, -0.05) is 96.5 Å². The number of para-hydroxylation sites is 1. The average molecular weight is 557 g/mol. The fraction of sp³-hybridized carbons (Fsp3) is 0.212. The summed E-state index contributed by atoms with van der Waals surface area (Å²) in [6.07, 6.45) is 1.01. The third-order valence-electron chi connectivity index (χ3n) is 6.53. The first-order valence-electron chi connectivity index (χ1n) is 13.2. The molecule has 0 saturated carbocycles. The number of carbonyl (C=O) groups is 2. The van der Waals surface area contributed by atoms with Crippen LogP contribution in [-0.2, 0) is 29.0 Å². The van der Waals surface area contributed by atoms with E-state index in [-0.39, 0.29) is 25.0 Å². The van der Waals surface area contributed by atoms with Gasteiger partial charge in [0.05, 0.1) is 12.1 Å². The summed E-state index contributed by atoms with van der Waals surface area (Å²) in [7, 11) is 1.63. The number of carbonyl (C=O) groups excluding carboxylic acids is 2. The number of nitrogens with one attached hydrogen (secondary N) is 1. The molecule has 4 aromatic rings. The number of hydrogen-bond acceptors (Lipinski definition) is 4. The van der Waals surface area contributed by atoms with Crippen LogP contribution in [0.25, 0.3) is 0 Å². The van der Waals surface area contributed by atoms with E-state index in [2.05, 4.69) is 5.32 Å². The van der Waals surface area contributed by atoms with Crippen molar-refractivity contribution in [2.24, 2.45) is 0 Å². The van der Waals surface area contributed by atoms with Gasteiger partial charge in [0.25, 0.3) is 5.91 Å². The van der Waals surface area contributed by atoms with Crippen LogP contribution in [0.3, 0.4) is 0 Å². The maximum Gasteiger partial charge on any atom is 0.261 e. The van der Waals surface area contributed by atoms with Crippen molar-refractivity contribution in [1.82, 2.24) is 10.2 Å². The Kier molecular flexibility index (Phi) is 10.6. The third-order valence-corrected chi connectivity index (χ3v) is 6.84. The van der Waals surface area contributed by atoms with Crippen LogP contribution < -0.4 is 14.8 Å². The third kappa shape index (κ3) is 8.35. The molecule has 6 nitrogen and oxygen atoms in total. The molecule has 0 radical (unpaired) electrons. The molecule has 0 aliphatic rings. The minimum atomic E-state index is -0.749. The van der Waals surface area contributed by atoms with Crippen molar-refractivity contribution >= 4 is 23.4 Å².